The summed E-state index contributed by atoms with van der Waals surface area (Å²) in [7, 11) is 0. The average Bonchev–Trinajstić information content (AvgIpc) is 3.02. The van der Waals surface area contributed by atoms with Gasteiger partial charge in [-0.05, 0) is 18.4 Å². The highest BCUT2D eigenvalue weighted by atomic mass is 16.3. The Morgan fingerprint density at radius 1 is 1.27 bits per heavy atom. The van der Waals surface area contributed by atoms with Gasteiger partial charge in [0.15, 0.2) is 0 Å². The lowest BCUT2D eigenvalue weighted by Crippen LogP contribution is -2.33. The Labute approximate surface area is 130 Å². The number of aromatic nitrogens is 2. The summed E-state index contributed by atoms with van der Waals surface area (Å²) in [4.78, 5) is 10.7. The Kier molecular flexibility index (Phi) is 4.39. The highest BCUT2D eigenvalue weighted by molar-refractivity contribution is 5.54. The van der Waals surface area contributed by atoms with Gasteiger partial charge < -0.3 is 21.1 Å². The highest BCUT2D eigenvalue weighted by Crippen LogP contribution is 2.26. The van der Waals surface area contributed by atoms with Crippen LogP contribution in [0.1, 0.15) is 18.4 Å². The Morgan fingerprint density at radius 3 is 2.86 bits per heavy atom. The quantitative estimate of drug-likeness (QED) is 0.778. The molecule has 6 heteroatoms. The van der Waals surface area contributed by atoms with E-state index in [9.17, 15) is 5.11 Å². The molecule has 2 aromatic rings. The molecule has 1 aliphatic heterocycles. The second kappa shape index (κ2) is 6.62. The standard InChI is InChI=1S/C16H21N5O/c17-16-19-14(18-10-12-5-2-1-3-6-12)9-15(20-16)21-8-4-7-13(21)11-22/h1-3,5-6,9,13,22H,4,7-8,10-11H2,(H3,17,18,19,20). The van der Waals surface area contributed by atoms with Crippen molar-refractivity contribution < 1.29 is 5.11 Å². The second-order valence-corrected chi connectivity index (χ2v) is 5.48. The third-order valence-electron chi connectivity index (χ3n) is 3.93. The van der Waals surface area contributed by atoms with Crippen LogP contribution in [-0.4, -0.2) is 34.3 Å². The number of aliphatic hydroxyl groups is 1. The summed E-state index contributed by atoms with van der Waals surface area (Å²) >= 11 is 0. The van der Waals surface area contributed by atoms with E-state index in [0.29, 0.717) is 12.4 Å². The molecule has 116 valence electrons. The predicted molar refractivity (Wildman–Crippen MR) is 87.7 cm³/mol. The zero-order valence-electron chi connectivity index (χ0n) is 12.4. The molecule has 0 radical (unpaired) electrons. The molecular formula is C16H21N5O. The van der Waals surface area contributed by atoms with Crippen molar-refractivity contribution in [3.8, 4) is 0 Å². The molecular weight excluding hydrogens is 278 g/mol. The number of nitrogens with two attached hydrogens (primary N) is 1. The average molecular weight is 299 g/mol. The molecule has 0 saturated carbocycles. The van der Waals surface area contributed by atoms with Gasteiger partial charge in [0.2, 0.25) is 5.95 Å². The van der Waals surface area contributed by atoms with Gasteiger partial charge in [0.1, 0.15) is 11.6 Å². The number of hydrogen-bond donors (Lipinski definition) is 3. The molecule has 1 saturated heterocycles. The van der Waals surface area contributed by atoms with Gasteiger partial charge in [0, 0.05) is 19.2 Å². The third-order valence-corrected chi connectivity index (χ3v) is 3.93. The van der Waals surface area contributed by atoms with E-state index in [0.717, 1.165) is 25.2 Å². The number of rotatable bonds is 5. The molecule has 0 bridgehead atoms. The van der Waals surface area contributed by atoms with E-state index < -0.39 is 0 Å². The minimum Gasteiger partial charge on any atom is -0.394 e. The van der Waals surface area contributed by atoms with Gasteiger partial charge >= 0.3 is 0 Å². The van der Waals surface area contributed by atoms with Crippen molar-refractivity contribution in [1.82, 2.24) is 9.97 Å². The largest absolute Gasteiger partial charge is 0.394 e. The van der Waals surface area contributed by atoms with Crippen LogP contribution in [0.2, 0.25) is 0 Å². The predicted octanol–water partition coefficient (Wildman–Crippen LogP) is 1.63. The smallest absolute Gasteiger partial charge is 0.223 e. The van der Waals surface area contributed by atoms with Crippen LogP contribution < -0.4 is 16.0 Å². The van der Waals surface area contributed by atoms with E-state index >= 15 is 0 Å². The minimum absolute atomic E-state index is 0.122. The molecule has 0 aliphatic carbocycles. The fourth-order valence-electron chi connectivity index (χ4n) is 2.81. The Hall–Kier alpha value is -2.34. The first-order valence-electron chi connectivity index (χ1n) is 7.56. The van der Waals surface area contributed by atoms with Crippen LogP contribution in [0, 0.1) is 0 Å². The number of benzene rings is 1. The number of nitrogen functional groups attached to an aromatic ring is 1. The monoisotopic (exact) mass is 299 g/mol. The normalized spacial score (nSPS) is 17.7. The number of hydrogen-bond acceptors (Lipinski definition) is 6. The fraction of sp³-hybridized carbons (Fsp3) is 0.375. The summed E-state index contributed by atoms with van der Waals surface area (Å²) < 4.78 is 0. The van der Waals surface area contributed by atoms with E-state index in [2.05, 4.69) is 32.3 Å². The molecule has 1 aromatic heterocycles. The van der Waals surface area contributed by atoms with Gasteiger partial charge in [-0.1, -0.05) is 30.3 Å². The highest BCUT2D eigenvalue weighted by Gasteiger charge is 2.25. The molecule has 3 rings (SSSR count). The topological polar surface area (TPSA) is 87.3 Å². The van der Waals surface area contributed by atoms with Crippen LogP contribution in [-0.2, 0) is 6.54 Å². The van der Waals surface area contributed by atoms with Crippen molar-refractivity contribution in [3.63, 3.8) is 0 Å². The molecule has 0 amide bonds. The second-order valence-electron chi connectivity index (χ2n) is 5.48. The van der Waals surface area contributed by atoms with Gasteiger partial charge in [0.25, 0.3) is 0 Å². The molecule has 2 heterocycles. The maximum atomic E-state index is 9.46. The molecule has 6 nitrogen and oxygen atoms in total. The zero-order chi connectivity index (χ0) is 15.4. The summed E-state index contributed by atoms with van der Waals surface area (Å²) in [5, 5.41) is 12.7. The van der Waals surface area contributed by atoms with E-state index in [1.807, 2.05) is 24.3 Å². The molecule has 1 aliphatic rings. The van der Waals surface area contributed by atoms with Gasteiger partial charge in [0.05, 0.1) is 12.6 Å². The first-order valence-corrected chi connectivity index (χ1v) is 7.56. The van der Waals surface area contributed by atoms with E-state index in [4.69, 9.17) is 5.73 Å². The first kappa shape index (κ1) is 14.6. The molecule has 1 atom stereocenters. The number of aliphatic hydroxyl groups excluding tert-OH is 1. The van der Waals surface area contributed by atoms with Crippen LogP contribution in [0.3, 0.4) is 0 Å². The van der Waals surface area contributed by atoms with Gasteiger partial charge in [-0.2, -0.15) is 9.97 Å². The summed E-state index contributed by atoms with van der Waals surface area (Å²) in [5.74, 6) is 1.73. The summed E-state index contributed by atoms with van der Waals surface area (Å²) in [6, 6.07) is 12.1. The molecule has 4 N–H and O–H groups in total. The molecule has 1 unspecified atom stereocenters. The fourth-order valence-corrected chi connectivity index (χ4v) is 2.81. The van der Waals surface area contributed by atoms with Crippen molar-refractivity contribution in [3.05, 3.63) is 42.0 Å². The van der Waals surface area contributed by atoms with Crippen LogP contribution >= 0.6 is 0 Å². The van der Waals surface area contributed by atoms with Crippen LogP contribution in [0.25, 0.3) is 0 Å². The molecule has 1 aromatic carbocycles. The Balaban J connectivity index is 1.75. The lowest BCUT2D eigenvalue weighted by Gasteiger charge is -2.24. The van der Waals surface area contributed by atoms with Gasteiger partial charge in [-0.25, -0.2) is 0 Å². The van der Waals surface area contributed by atoms with Crippen LogP contribution in [0.5, 0.6) is 0 Å². The molecule has 1 fully saturated rings. The Bertz CT molecular complexity index is 619. The van der Waals surface area contributed by atoms with Crippen molar-refractivity contribution in [1.29, 1.82) is 0 Å². The summed E-state index contributed by atoms with van der Waals surface area (Å²) in [6.07, 6.45) is 2.04. The van der Waals surface area contributed by atoms with E-state index in [-0.39, 0.29) is 18.6 Å². The van der Waals surface area contributed by atoms with E-state index in [1.165, 1.54) is 5.56 Å². The van der Waals surface area contributed by atoms with Gasteiger partial charge in [-0.3, -0.25) is 0 Å². The molecule has 22 heavy (non-hydrogen) atoms. The van der Waals surface area contributed by atoms with Crippen molar-refractivity contribution in [2.75, 3.05) is 29.1 Å². The van der Waals surface area contributed by atoms with Crippen molar-refractivity contribution in [2.45, 2.75) is 25.4 Å². The summed E-state index contributed by atoms with van der Waals surface area (Å²) in [6.45, 7) is 1.71. The number of nitrogens with zero attached hydrogens (tertiary/aromatic N) is 3. The maximum Gasteiger partial charge on any atom is 0.223 e. The van der Waals surface area contributed by atoms with Crippen LogP contribution in [0.15, 0.2) is 36.4 Å². The number of nitrogens with one attached hydrogen (secondary N) is 1. The lowest BCUT2D eigenvalue weighted by molar-refractivity contribution is 0.266. The SMILES string of the molecule is Nc1nc(NCc2ccccc2)cc(N2CCCC2CO)n1. The lowest BCUT2D eigenvalue weighted by atomic mass is 10.2. The first-order chi connectivity index (χ1) is 10.8. The minimum atomic E-state index is 0.122. The number of anilines is 3. The van der Waals surface area contributed by atoms with Crippen molar-refractivity contribution in [2.24, 2.45) is 0 Å². The van der Waals surface area contributed by atoms with Crippen LogP contribution in [0.4, 0.5) is 17.6 Å². The zero-order valence-corrected chi connectivity index (χ0v) is 12.4. The van der Waals surface area contributed by atoms with Crippen molar-refractivity contribution >= 4 is 17.6 Å². The maximum absolute atomic E-state index is 9.46. The summed E-state index contributed by atoms with van der Waals surface area (Å²) in [5.41, 5.74) is 7.01. The third kappa shape index (κ3) is 3.28. The van der Waals surface area contributed by atoms with Gasteiger partial charge in [-0.15, -0.1) is 0 Å². The molecule has 0 spiro atoms. The Morgan fingerprint density at radius 2 is 2.09 bits per heavy atom. The van der Waals surface area contributed by atoms with E-state index in [1.54, 1.807) is 0 Å².